The monoisotopic (exact) mass is 276 g/mol. The van der Waals surface area contributed by atoms with E-state index >= 15 is 0 Å². The number of hydrogen-bond donors (Lipinski definition) is 2. The summed E-state index contributed by atoms with van der Waals surface area (Å²) in [4.78, 5) is 0. The van der Waals surface area contributed by atoms with Gasteiger partial charge in [0.15, 0.2) is 0 Å². The summed E-state index contributed by atoms with van der Waals surface area (Å²) in [6.45, 7) is 4.01. The van der Waals surface area contributed by atoms with Crippen LogP contribution in [0.3, 0.4) is 0 Å². The van der Waals surface area contributed by atoms with Gasteiger partial charge in [-0.3, -0.25) is 0 Å². The Labute approximate surface area is 98.0 Å². The highest BCUT2D eigenvalue weighted by molar-refractivity contribution is 9.10. The van der Waals surface area contributed by atoms with Gasteiger partial charge in [0.2, 0.25) is 0 Å². The summed E-state index contributed by atoms with van der Waals surface area (Å²) < 4.78 is 0.901. The molecule has 0 radical (unpaired) electrons. The molecule has 0 heterocycles. The molecule has 14 heavy (non-hydrogen) atoms. The highest BCUT2D eigenvalue weighted by Gasteiger charge is 2.07. The zero-order chi connectivity index (χ0) is 10.7. The first-order valence-electron chi connectivity index (χ1n) is 4.48. The van der Waals surface area contributed by atoms with Gasteiger partial charge in [-0.2, -0.15) is 0 Å². The maximum atomic E-state index is 5.96. The third kappa shape index (κ3) is 3.15. The largest absolute Gasteiger partial charge is 0.381 e. The van der Waals surface area contributed by atoms with Crippen LogP contribution in [0, 0.1) is 0 Å². The Morgan fingerprint density at radius 2 is 2.07 bits per heavy atom. The van der Waals surface area contributed by atoms with E-state index in [1.165, 1.54) is 0 Å². The smallest absolute Gasteiger partial charge is 0.0568 e. The van der Waals surface area contributed by atoms with E-state index in [1.54, 1.807) is 0 Å². The van der Waals surface area contributed by atoms with E-state index in [2.05, 4.69) is 21.2 Å². The van der Waals surface area contributed by atoms with Crippen molar-refractivity contribution in [1.82, 2.24) is 0 Å². The van der Waals surface area contributed by atoms with Crippen molar-refractivity contribution in [2.24, 2.45) is 5.73 Å². The summed E-state index contributed by atoms with van der Waals surface area (Å²) >= 11 is 9.30. The van der Waals surface area contributed by atoms with Crippen LogP contribution in [0.5, 0.6) is 0 Å². The molecule has 2 nitrogen and oxygen atoms in total. The van der Waals surface area contributed by atoms with Crippen LogP contribution in [0.4, 0.5) is 5.69 Å². The highest BCUT2D eigenvalue weighted by atomic mass is 79.9. The molecular formula is C10H14BrClN2. The number of benzene rings is 1. The molecule has 2 atom stereocenters. The minimum absolute atomic E-state index is 0.109. The number of halogens is 2. The standard InChI is InChI=1S/C10H14BrClN2/c1-6(13)7(2)14-8-3-4-9(11)10(12)5-8/h3-7,14H,13H2,1-2H3. The van der Waals surface area contributed by atoms with Crippen LogP contribution >= 0.6 is 27.5 Å². The van der Waals surface area contributed by atoms with Gasteiger partial charge in [-0.25, -0.2) is 0 Å². The van der Waals surface area contributed by atoms with Crippen LogP contribution in [-0.4, -0.2) is 12.1 Å². The minimum atomic E-state index is 0.109. The molecule has 1 aromatic carbocycles. The van der Waals surface area contributed by atoms with E-state index in [1.807, 2.05) is 32.0 Å². The van der Waals surface area contributed by atoms with Crippen molar-refractivity contribution in [2.75, 3.05) is 5.32 Å². The third-order valence-corrected chi connectivity index (χ3v) is 3.34. The zero-order valence-corrected chi connectivity index (χ0v) is 10.6. The van der Waals surface area contributed by atoms with Gasteiger partial charge in [0.1, 0.15) is 0 Å². The predicted molar refractivity (Wildman–Crippen MR) is 65.9 cm³/mol. The lowest BCUT2D eigenvalue weighted by Crippen LogP contribution is -2.35. The van der Waals surface area contributed by atoms with E-state index < -0.39 is 0 Å². The van der Waals surface area contributed by atoms with Crippen LogP contribution < -0.4 is 11.1 Å². The van der Waals surface area contributed by atoms with Crippen LogP contribution in [0.1, 0.15) is 13.8 Å². The van der Waals surface area contributed by atoms with Gasteiger partial charge in [0, 0.05) is 22.2 Å². The number of nitrogens with one attached hydrogen (secondary N) is 1. The lowest BCUT2D eigenvalue weighted by atomic mass is 10.2. The zero-order valence-electron chi connectivity index (χ0n) is 8.22. The minimum Gasteiger partial charge on any atom is -0.381 e. The Kier molecular flexibility index (Phi) is 4.23. The average molecular weight is 278 g/mol. The van der Waals surface area contributed by atoms with Gasteiger partial charge >= 0.3 is 0 Å². The van der Waals surface area contributed by atoms with Gasteiger partial charge in [-0.1, -0.05) is 11.6 Å². The molecule has 0 aliphatic rings. The number of anilines is 1. The van der Waals surface area contributed by atoms with Gasteiger partial charge in [0.05, 0.1) is 5.02 Å². The topological polar surface area (TPSA) is 38.0 Å². The molecule has 0 fully saturated rings. The molecule has 0 bridgehead atoms. The molecule has 1 rings (SSSR count). The molecule has 0 saturated carbocycles. The Balaban J connectivity index is 2.73. The second-order valence-corrected chi connectivity index (χ2v) is 4.68. The summed E-state index contributed by atoms with van der Waals surface area (Å²) in [7, 11) is 0. The van der Waals surface area contributed by atoms with Gasteiger partial charge in [-0.15, -0.1) is 0 Å². The van der Waals surface area contributed by atoms with Gasteiger partial charge in [-0.05, 0) is 48.0 Å². The van der Waals surface area contributed by atoms with E-state index in [-0.39, 0.29) is 12.1 Å². The van der Waals surface area contributed by atoms with Gasteiger partial charge < -0.3 is 11.1 Å². The molecule has 0 spiro atoms. The summed E-state index contributed by atoms with van der Waals surface area (Å²) in [5.41, 5.74) is 6.74. The lowest BCUT2D eigenvalue weighted by Gasteiger charge is -2.18. The van der Waals surface area contributed by atoms with E-state index in [4.69, 9.17) is 17.3 Å². The summed E-state index contributed by atoms with van der Waals surface area (Å²) in [5.74, 6) is 0. The third-order valence-electron chi connectivity index (χ3n) is 2.10. The normalized spacial score (nSPS) is 14.9. The van der Waals surface area contributed by atoms with Crippen LogP contribution in [-0.2, 0) is 0 Å². The fraction of sp³-hybridized carbons (Fsp3) is 0.400. The van der Waals surface area contributed by atoms with Crippen LogP contribution in [0.15, 0.2) is 22.7 Å². The fourth-order valence-corrected chi connectivity index (χ4v) is 1.41. The van der Waals surface area contributed by atoms with Crippen molar-refractivity contribution in [3.63, 3.8) is 0 Å². The first-order chi connectivity index (χ1) is 6.50. The van der Waals surface area contributed by atoms with Crippen LogP contribution in [0.25, 0.3) is 0 Å². The lowest BCUT2D eigenvalue weighted by molar-refractivity contribution is 0.638. The molecule has 0 aliphatic heterocycles. The van der Waals surface area contributed by atoms with Crippen molar-refractivity contribution in [1.29, 1.82) is 0 Å². The maximum Gasteiger partial charge on any atom is 0.0568 e. The molecule has 2 unspecified atom stereocenters. The second kappa shape index (κ2) is 5.01. The number of hydrogen-bond acceptors (Lipinski definition) is 2. The van der Waals surface area contributed by atoms with Crippen molar-refractivity contribution < 1.29 is 0 Å². The molecule has 1 aromatic rings. The van der Waals surface area contributed by atoms with E-state index in [0.717, 1.165) is 10.2 Å². The average Bonchev–Trinajstić information content (AvgIpc) is 2.11. The van der Waals surface area contributed by atoms with Crippen molar-refractivity contribution in [3.05, 3.63) is 27.7 Å². The molecule has 0 amide bonds. The highest BCUT2D eigenvalue weighted by Crippen LogP contribution is 2.25. The van der Waals surface area contributed by atoms with Crippen molar-refractivity contribution in [3.8, 4) is 0 Å². The fourth-order valence-electron chi connectivity index (χ4n) is 0.980. The quantitative estimate of drug-likeness (QED) is 0.890. The Hall–Kier alpha value is -0.250. The SMILES string of the molecule is CC(N)C(C)Nc1ccc(Br)c(Cl)c1. The molecule has 0 saturated heterocycles. The first-order valence-corrected chi connectivity index (χ1v) is 5.65. The molecule has 3 N–H and O–H groups in total. The molecule has 0 aromatic heterocycles. The molecule has 78 valence electrons. The summed E-state index contributed by atoms with van der Waals surface area (Å²) in [6.07, 6.45) is 0. The molecule has 0 aliphatic carbocycles. The maximum absolute atomic E-state index is 5.96. The number of rotatable bonds is 3. The summed E-state index contributed by atoms with van der Waals surface area (Å²) in [6, 6.07) is 6.10. The van der Waals surface area contributed by atoms with E-state index in [0.29, 0.717) is 5.02 Å². The second-order valence-electron chi connectivity index (χ2n) is 3.42. The summed E-state index contributed by atoms with van der Waals surface area (Å²) in [5, 5.41) is 3.98. The predicted octanol–water partition coefficient (Wildman–Crippen LogP) is 3.25. The Morgan fingerprint density at radius 1 is 1.43 bits per heavy atom. The Bertz CT molecular complexity index is 315. The van der Waals surface area contributed by atoms with Crippen molar-refractivity contribution in [2.45, 2.75) is 25.9 Å². The van der Waals surface area contributed by atoms with Gasteiger partial charge in [0.25, 0.3) is 0 Å². The first kappa shape index (κ1) is 11.8. The number of nitrogens with two attached hydrogens (primary N) is 1. The molecule has 4 heteroatoms. The molecular weight excluding hydrogens is 263 g/mol. The Morgan fingerprint density at radius 3 is 2.57 bits per heavy atom. The van der Waals surface area contributed by atoms with Crippen LogP contribution in [0.2, 0.25) is 5.02 Å². The van der Waals surface area contributed by atoms with Crippen molar-refractivity contribution >= 4 is 33.2 Å². The van der Waals surface area contributed by atoms with E-state index in [9.17, 15) is 0 Å².